The summed E-state index contributed by atoms with van der Waals surface area (Å²) in [5.41, 5.74) is 3.31. The number of carbonyl (C=O) groups excluding carboxylic acids is 1. The Morgan fingerprint density at radius 2 is 1.93 bits per heavy atom. The molecule has 1 heterocycles. The van der Waals surface area contributed by atoms with E-state index in [4.69, 9.17) is 4.74 Å². The van der Waals surface area contributed by atoms with Crippen molar-refractivity contribution in [1.82, 2.24) is 9.47 Å². The predicted octanol–water partition coefficient (Wildman–Crippen LogP) is 5.25. The van der Waals surface area contributed by atoms with Crippen molar-refractivity contribution in [2.45, 2.75) is 32.4 Å². The van der Waals surface area contributed by atoms with Crippen molar-refractivity contribution >= 4 is 5.91 Å². The fourth-order valence-electron chi connectivity index (χ4n) is 3.76. The molecule has 1 amide bonds. The van der Waals surface area contributed by atoms with E-state index in [0.29, 0.717) is 13.1 Å². The van der Waals surface area contributed by atoms with E-state index in [2.05, 4.69) is 36.4 Å². The highest BCUT2D eigenvalue weighted by Crippen LogP contribution is 2.23. The first-order valence-corrected chi connectivity index (χ1v) is 10.4. The van der Waals surface area contributed by atoms with E-state index < -0.39 is 0 Å². The molecule has 0 unspecified atom stereocenters. The summed E-state index contributed by atoms with van der Waals surface area (Å²) < 4.78 is 7.52. The molecule has 1 atom stereocenters. The number of methoxy groups -OCH3 is 1. The summed E-state index contributed by atoms with van der Waals surface area (Å²) in [5, 5.41) is 0. The molecule has 30 heavy (non-hydrogen) atoms. The van der Waals surface area contributed by atoms with Crippen LogP contribution in [0.3, 0.4) is 0 Å². The minimum atomic E-state index is -0.145. The minimum Gasteiger partial charge on any atom is -0.497 e. The second kappa shape index (κ2) is 10.5. The average Bonchev–Trinajstić information content (AvgIpc) is 3.21. The molecule has 0 radical (unpaired) electrons. The molecule has 0 fully saturated rings. The second-order valence-corrected chi connectivity index (χ2v) is 7.36. The molecule has 0 spiro atoms. The number of ether oxygens (including phenoxy) is 1. The van der Waals surface area contributed by atoms with Crippen molar-refractivity contribution in [3.05, 3.63) is 102 Å². The molecule has 0 aliphatic heterocycles. The number of hydrogen-bond donors (Lipinski definition) is 0. The summed E-state index contributed by atoms with van der Waals surface area (Å²) in [6.07, 6.45) is 4.62. The summed E-state index contributed by atoms with van der Waals surface area (Å²) in [6.45, 7) is 7.72. The third kappa shape index (κ3) is 5.20. The van der Waals surface area contributed by atoms with Crippen LogP contribution < -0.4 is 4.74 Å². The van der Waals surface area contributed by atoms with E-state index in [1.165, 1.54) is 0 Å². The van der Waals surface area contributed by atoms with Crippen molar-refractivity contribution in [3.8, 4) is 5.75 Å². The van der Waals surface area contributed by atoms with Crippen LogP contribution in [0.25, 0.3) is 0 Å². The topological polar surface area (TPSA) is 34.5 Å². The van der Waals surface area contributed by atoms with E-state index in [9.17, 15) is 4.79 Å². The van der Waals surface area contributed by atoms with Crippen LogP contribution in [-0.2, 0) is 17.9 Å². The van der Waals surface area contributed by atoms with E-state index in [1.54, 1.807) is 13.2 Å². The summed E-state index contributed by atoms with van der Waals surface area (Å²) >= 11 is 0. The van der Waals surface area contributed by atoms with Gasteiger partial charge in [0.1, 0.15) is 5.75 Å². The predicted molar refractivity (Wildman–Crippen MR) is 122 cm³/mol. The molecular formula is C26H30N2O2. The SMILES string of the molecule is C=CCN(Cc1cccn1Cc1cccc(OC)c1)C(=O)[C@H](CC)c1ccccc1. The first-order chi connectivity index (χ1) is 14.7. The van der Waals surface area contributed by atoms with Crippen LogP contribution in [0.4, 0.5) is 0 Å². The van der Waals surface area contributed by atoms with Crippen molar-refractivity contribution in [2.24, 2.45) is 0 Å². The lowest BCUT2D eigenvalue weighted by atomic mass is 9.95. The van der Waals surface area contributed by atoms with Crippen molar-refractivity contribution in [1.29, 1.82) is 0 Å². The van der Waals surface area contributed by atoms with Gasteiger partial charge in [0.15, 0.2) is 0 Å². The number of hydrogen-bond acceptors (Lipinski definition) is 2. The molecule has 0 saturated carbocycles. The maximum Gasteiger partial charge on any atom is 0.230 e. The lowest BCUT2D eigenvalue weighted by Crippen LogP contribution is -2.35. The molecule has 3 aromatic rings. The Hall–Kier alpha value is -3.27. The van der Waals surface area contributed by atoms with Crippen LogP contribution in [0, 0.1) is 0 Å². The molecule has 2 aromatic carbocycles. The van der Waals surface area contributed by atoms with Crippen molar-refractivity contribution < 1.29 is 9.53 Å². The summed E-state index contributed by atoms with van der Waals surface area (Å²) in [6, 6.07) is 22.2. The van der Waals surface area contributed by atoms with Crippen molar-refractivity contribution in [2.75, 3.05) is 13.7 Å². The molecule has 3 rings (SSSR count). The van der Waals surface area contributed by atoms with E-state index in [0.717, 1.165) is 35.5 Å². The molecule has 4 nitrogen and oxygen atoms in total. The highest BCUT2D eigenvalue weighted by Gasteiger charge is 2.24. The van der Waals surface area contributed by atoms with Gasteiger partial charge >= 0.3 is 0 Å². The van der Waals surface area contributed by atoms with Gasteiger partial charge in [-0.15, -0.1) is 6.58 Å². The van der Waals surface area contributed by atoms with Crippen LogP contribution in [0.5, 0.6) is 5.75 Å². The zero-order valence-electron chi connectivity index (χ0n) is 17.8. The largest absolute Gasteiger partial charge is 0.497 e. The van der Waals surface area contributed by atoms with Gasteiger partial charge < -0.3 is 14.2 Å². The number of rotatable bonds is 10. The van der Waals surface area contributed by atoms with Gasteiger partial charge in [-0.25, -0.2) is 0 Å². The van der Waals surface area contributed by atoms with E-state index >= 15 is 0 Å². The normalized spacial score (nSPS) is 11.7. The smallest absolute Gasteiger partial charge is 0.230 e. The van der Waals surface area contributed by atoms with Gasteiger partial charge in [0, 0.05) is 25.0 Å². The Kier molecular flexibility index (Phi) is 7.50. The van der Waals surface area contributed by atoms with Crippen LogP contribution in [0.1, 0.15) is 36.1 Å². The molecule has 156 valence electrons. The standard InChI is InChI=1S/C26H30N2O2/c1-4-16-28(26(29)25(5-2)22-12-7-6-8-13-22)20-23-14-10-17-27(23)19-21-11-9-15-24(18-21)30-3/h4,6-15,17-18,25H,1,5,16,19-20H2,2-3H3/t25-/m1/s1. The highest BCUT2D eigenvalue weighted by molar-refractivity contribution is 5.83. The highest BCUT2D eigenvalue weighted by atomic mass is 16.5. The number of aromatic nitrogens is 1. The molecule has 4 heteroatoms. The molecule has 0 aliphatic rings. The summed E-state index contributed by atoms with van der Waals surface area (Å²) in [5.74, 6) is 0.837. The Bertz CT molecular complexity index is 962. The number of carbonyl (C=O) groups is 1. The molecule has 0 bridgehead atoms. The quantitative estimate of drug-likeness (QED) is 0.434. The first kappa shape index (κ1) is 21.4. The maximum absolute atomic E-state index is 13.4. The fraction of sp³-hybridized carbons (Fsp3) is 0.269. The van der Waals surface area contributed by atoms with E-state index in [-0.39, 0.29) is 11.8 Å². The Labute approximate surface area is 179 Å². The third-order valence-corrected chi connectivity index (χ3v) is 5.33. The maximum atomic E-state index is 13.4. The van der Waals surface area contributed by atoms with Gasteiger partial charge in [0.2, 0.25) is 5.91 Å². The Morgan fingerprint density at radius 1 is 1.13 bits per heavy atom. The second-order valence-electron chi connectivity index (χ2n) is 7.36. The molecule has 0 saturated heterocycles. The molecule has 0 N–H and O–H groups in total. The lowest BCUT2D eigenvalue weighted by molar-refractivity contribution is -0.133. The van der Waals surface area contributed by atoms with Gasteiger partial charge in [-0.2, -0.15) is 0 Å². The molecular weight excluding hydrogens is 372 g/mol. The van der Waals surface area contributed by atoms with Crippen molar-refractivity contribution in [3.63, 3.8) is 0 Å². The Morgan fingerprint density at radius 3 is 2.63 bits per heavy atom. The van der Waals surface area contributed by atoms with Gasteiger partial charge in [-0.1, -0.05) is 55.5 Å². The third-order valence-electron chi connectivity index (χ3n) is 5.33. The minimum absolute atomic E-state index is 0.137. The summed E-state index contributed by atoms with van der Waals surface area (Å²) in [4.78, 5) is 15.3. The van der Waals surface area contributed by atoms with Crippen LogP contribution in [0.15, 0.2) is 85.6 Å². The van der Waals surface area contributed by atoms with Crippen LogP contribution >= 0.6 is 0 Å². The number of nitrogens with zero attached hydrogens (tertiary/aromatic N) is 2. The Balaban J connectivity index is 1.79. The number of benzene rings is 2. The van der Waals surface area contributed by atoms with Crippen LogP contribution in [-0.4, -0.2) is 29.0 Å². The zero-order chi connectivity index (χ0) is 21.3. The fourth-order valence-corrected chi connectivity index (χ4v) is 3.76. The molecule has 1 aromatic heterocycles. The lowest BCUT2D eigenvalue weighted by Gasteiger charge is -2.27. The number of amides is 1. The van der Waals surface area contributed by atoms with E-state index in [1.807, 2.05) is 59.5 Å². The van der Waals surface area contributed by atoms with Gasteiger partial charge in [-0.3, -0.25) is 4.79 Å². The first-order valence-electron chi connectivity index (χ1n) is 10.4. The van der Waals surface area contributed by atoms with Gasteiger partial charge in [0.05, 0.1) is 19.6 Å². The van der Waals surface area contributed by atoms with Gasteiger partial charge in [0.25, 0.3) is 0 Å². The zero-order valence-corrected chi connectivity index (χ0v) is 17.8. The van der Waals surface area contributed by atoms with Gasteiger partial charge in [-0.05, 0) is 41.8 Å². The molecule has 0 aliphatic carbocycles. The van der Waals surface area contributed by atoms with Crippen LogP contribution in [0.2, 0.25) is 0 Å². The average molecular weight is 403 g/mol. The summed E-state index contributed by atoms with van der Waals surface area (Å²) in [7, 11) is 1.68. The monoisotopic (exact) mass is 402 g/mol.